The summed E-state index contributed by atoms with van der Waals surface area (Å²) in [6.07, 6.45) is 3.34. The standard InChI is InChI=1S/C13H13N3O2.C3H7NO2/c1-9(13(17)18)16-12-8-10(5-7-15-12)11-4-2-3-6-14-11;1-2(4)3(5)6/h2-9H,1H3,(H,15,16)(H,17,18);2H,4H2,1H3,(H,5,6)/t9-;2-/m01/s1. The summed E-state index contributed by atoms with van der Waals surface area (Å²) in [6.45, 7) is 2.99. The van der Waals surface area contributed by atoms with Crippen LogP contribution in [0.1, 0.15) is 13.8 Å². The highest BCUT2D eigenvalue weighted by Gasteiger charge is 2.11. The number of carbonyl (C=O) groups is 2. The molecule has 0 saturated heterocycles. The second-order valence-electron chi connectivity index (χ2n) is 4.98. The lowest BCUT2D eigenvalue weighted by atomic mass is 10.2. The molecule has 24 heavy (non-hydrogen) atoms. The fourth-order valence-corrected chi connectivity index (χ4v) is 1.49. The first-order valence-electron chi connectivity index (χ1n) is 7.16. The van der Waals surface area contributed by atoms with Gasteiger partial charge < -0.3 is 21.3 Å². The first-order valence-corrected chi connectivity index (χ1v) is 7.16. The molecule has 8 heteroatoms. The van der Waals surface area contributed by atoms with Gasteiger partial charge in [-0.1, -0.05) is 6.07 Å². The highest BCUT2D eigenvalue weighted by atomic mass is 16.4. The Hall–Kier alpha value is -3.00. The maximum atomic E-state index is 10.8. The maximum absolute atomic E-state index is 10.8. The van der Waals surface area contributed by atoms with E-state index in [0.29, 0.717) is 5.82 Å². The van der Waals surface area contributed by atoms with Crippen LogP contribution in [0.5, 0.6) is 0 Å². The summed E-state index contributed by atoms with van der Waals surface area (Å²) in [6, 6.07) is 7.83. The van der Waals surface area contributed by atoms with E-state index in [2.05, 4.69) is 15.3 Å². The molecule has 5 N–H and O–H groups in total. The molecule has 2 atom stereocenters. The number of pyridine rings is 2. The Labute approximate surface area is 139 Å². The molecule has 8 nitrogen and oxygen atoms in total. The zero-order chi connectivity index (χ0) is 18.1. The van der Waals surface area contributed by atoms with Gasteiger partial charge in [0, 0.05) is 18.0 Å². The second kappa shape index (κ2) is 9.21. The van der Waals surface area contributed by atoms with E-state index in [9.17, 15) is 9.59 Å². The highest BCUT2D eigenvalue weighted by Crippen LogP contribution is 2.18. The van der Waals surface area contributed by atoms with Crippen LogP contribution in [-0.4, -0.2) is 44.2 Å². The predicted molar refractivity (Wildman–Crippen MR) is 89.5 cm³/mol. The monoisotopic (exact) mass is 332 g/mol. The van der Waals surface area contributed by atoms with Gasteiger partial charge in [-0.2, -0.15) is 0 Å². The number of carboxylic acid groups (broad SMARTS) is 2. The summed E-state index contributed by atoms with van der Waals surface area (Å²) >= 11 is 0. The molecule has 0 unspecified atom stereocenters. The molecule has 0 aliphatic carbocycles. The minimum absolute atomic E-state index is 0.521. The lowest BCUT2D eigenvalue weighted by Crippen LogP contribution is -2.25. The third-order valence-electron chi connectivity index (χ3n) is 2.84. The number of hydrogen-bond donors (Lipinski definition) is 4. The van der Waals surface area contributed by atoms with Gasteiger partial charge >= 0.3 is 11.9 Å². The first-order chi connectivity index (χ1) is 11.3. The van der Waals surface area contributed by atoms with Crippen LogP contribution in [0.25, 0.3) is 11.3 Å². The van der Waals surface area contributed by atoms with Crippen molar-refractivity contribution in [1.82, 2.24) is 9.97 Å². The van der Waals surface area contributed by atoms with Crippen LogP contribution in [0.2, 0.25) is 0 Å². The van der Waals surface area contributed by atoms with Crippen LogP contribution in [-0.2, 0) is 9.59 Å². The molecular formula is C16H20N4O4. The Morgan fingerprint density at radius 3 is 2.25 bits per heavy atom. The molecule has 2 heterocycles. The van der Waals surface area contributed by atoms with Crippen LogP contribution in [0.3, 0.4) is 0 Å². The summed E-state index contributed by atoms with van der Waals surface area (Å²) in [5, 5.41) is 19.5. The zero-order valence-electron chi connectivity index (χ0n) is 13.4. The molecule has 0 aliphatic rings. The van der Waals surface area contributed by atoms with Gasteiger partial charge in [0.2, 0.25) is 0 Å². The number of nitrogens with zero attached hydrogens (tertiary/aromatic N) is 2. The van der Waals surface area contributed by atoms with Gasteiger partial charge in [0.15, 0.2) is 0 Å². The smallest absolute Gasteiger partial charge is 0.325 e. The van der Waals surface area contributed by atoms with Crippen molar-refractivity contribution >= 4 is 17.8 Å². The summed E-state index contributed by atoms with van der Waals surface area (Å²) in [5.41, 5.74) is 6.55. The molecule has 0 aromatic carbocycles. The number of carboxylic acids is 2. The van der Waals surface area contributed by atoms with Crippen molar-refractivity contribution in [3.63, 3.8) is 0 Å². The molecular weight excluding hydrogens is 312 g/mol. The highest BCUT2D eigenvalue weighted by molar-refractivity contribution is 5.76. The minimum Gasteiger partial charge on any atom is -0.480 e. The average molecular weight is 332 g/mol. The number of rotatable bonds is 5. The number of anilines is 1. The normalized spacial score (nSPS) is 12.3. The molecule has 2 aromatic rings. The van der Waals surface area contributed by atoms with E-state index in [1.165, 1.54) is 6.92 Å². The number of aromatic nitrogens is 2. The molecule has 0 spiro atoms. The van der Waals surface area contributed by atoms with Gasteiger partial charge in [0.05, 0.1) is 5.69 Å². The Kier molecular flexibility index (Phi) is 7.31. The molecule has 0 aliphatic heterocycles. The van der Waals surface area contributed by atoms with Crippen LogP contribution in [0.4, 0.5) is 5.82 Å². The van der Waals surface area contributed by atoms with Gasteiger partial charge in [0.1, 0.15) is 17.9 Å². The van der Waals surface area contributed by atoms with Crippen LogP contribution in [0.15, 0.2) is 42.7 Å². The Morgan fingerprint density at radius 2 is 1.75 bits per heavy atom. The van der Waals surface area contributed by atoms with Gasteiger partial charge in [-0.3, -0.25) is 14.6 Å². The number of nitrogens with one attached hydrogen (secondary N) is 1. The zero-order valence-corrected chi connectivity index (χ0v) is 13.4. The number of hydrogen-bond acceptors (Lipinski definition) is 6. The molecule has 2 aromatic heterocycles. The molecule has 0 fully saturated rings. The van der Waals surface area contributed by atoms with Crippen molar-refractivity contribution in [3.8, 4) is 11.3 Å². The van der Waals surface area contributed by atoms with E-state index in [1.54, 1.807) is 25.4 Å². The topological polar surface area (TPSA) is 138 Å². The van der Waals surface area contributed by atoms with Crippen molar-refractivity contribution in [2.75, 3.05) is 5.32 Å². The van der Waals surface area contributed by atoms with Crippen molar-refractivity contribution in [1.29, 1.82) is 0 Å². The van der Waals surface area contributed by atoms with E-state index in [1.807, 2.05) is 24.3 Å². The fourth-order valence-electron chi connectivity index (χ4n) is 1.49. The number of aliphatic carboxylic acids is 2. The van der Waals surface area contributed by atoms with Crippen LogP contribution < -0.4 is 11.1 Å². The summed E-state index contributed by atoms with van der Waals surface area (Å²) in [7, 11) is 0. The molecule has 128 valence electrons. The molecule has 0 radical (unpaired) electrons. The van der Waals surface area contributed by atoms with Gasteiger partial charge in [-0.25, -0.2) is 4.98 Å². The average Bonchev–Trinajstić information content (AvgIpc) is 2.56. The van der Waals surface area contributed by atoms with E-state index in [4.69, 9.17) is 15.9 Å². The Bertz CT molecular complexity index is 677. The van der Waals surface area contributed by atoms with Crippen molar-refractivity contribution < 1.29 is 19.8 Å². The van der Waals surface area contributed by atoms with Gasteiger partial charge in [0.25, 0.3) is 0 Å². The first kappa shape index (κ1) is 19.0. The minimum atomic E-state index is -0.963. The second-order valence-corrected chi connectivity index (χ2v) is 4.98. The van der Waals surface area contributed by atoms with Crippen LogP contribution >= 0.6 is 0 Å². The summed E-state index contributed by atoms with van der Waals surface area (Å²) < 4.78 is 0. The van der Waals surface area contributed by atoms with Crippen molar-refractivity contribution in [2.45, 2.75) is 25.9 Å². The third-order valence-corrected chi connectivity index (χ3v) is 2.84. The van der Waals surface area contributed by atoms with E-state index >= 15 is 0 Å². The maximum Gasteiger partial charge on any atom is 0.325 e. The molecule has 0 saturated carbocycles. The predicted octanol–water partition coefficient (Wildman–Crippen LogP) is 1.45. The Balaban J connectivity index is 0.000000413. The Morgan fingerprint density at radius 1 is 1.08 bits per heavy atom. The SMILES string of the molecule is C[C@@H](N)C(=O)O.C[C@H](Nc1cc(-c2ccccn2)ccn1)C(=O)O. The lowest BCUT2D eigenvalue weighted by molar-refractivity contribution is -0.138. The summed E-state index contributed by atoms with van der Waals surface area (Å²) in [5.74, 6) is -1.36. The van der Waals surface area contributed by atoms with Crippen molar-refractivity contribution in [3.05, 3.63) is 42.7 Å². The summed E-state index contributed by atoms with van der Waals surface area (Å²) in [4.78, 5) is 28.6. The number of nitrogens with two attached hydrogens (primary N) is 1. The fraction of sp³-hybridized carbons (Fsp3) is 0.250. The van der Waals surface area contributed by atoms with E-state index < -0.39 is 24.0 Å². The quantitative estimate of drug-likeness (QED) is 0.645. The van der Waals surface area contributed by atoms with E-state index in [-0.39, 0.29) is 0 Å². The van der Waals surface area contributed by atoms with Gasteiger partial charge in [-0.05, 0) is 38.1 Å². The molecule has 0 bridgehead atoms. The van der Waals surface area contributed by atoms with Crippen LogP contribution in [0, 0.1) is 0 Å². The molecule has 2 rings (SSSR count). The third kappa shape index (κ3) is 6.41. The lowest BCUT2D eigenvalue weighted by Gasteiger charge is -2.10. The molecule has 0 amide bonds. The van der Waals surface area contributed by atoms with Gasteiger partial charge in [-0.15, -0.1) is 0 Å². The largest absolute Gasteiger partial charge is 0.480 e. The van der Waals surface area contributed by atoms with Crippen molar-refractivity contribution in [2.24, 2.45) is 5.73 Å². The van der Waals surface area contributed by atoms with E-state index in [0.717, 1.165) is 11.3 Å².